The van der Waals surface area contributed by atoms with Crippen LogP contribution in [0, 0.1) is 11.8 Å². The van der Waals surface area contributed by atoms with Crippen LogP contribution in [0.25, 0.3) is 0 Å². The Morgan fingerprint density at radius 2 is 1.30 bits per heavy atom. The van der Waals surface area contributed by atoms with Gasteiger partial charge in [0.1, 0.15) is 13.1 Å². The molecule has 128 valence electrons. The highest BCUT2D eigenvalue weighted by Gasteiger charge is 2.17. The van der Waals surface area contributed by atoms with Gasteiger partial charge in [-0.25, -0.2) is 0 Å². The molecule has 0 aliphatic rings. The van der Waals surface area contributed by atoms with Crippen molar-refractivity contribution in [2.45, 2.75) is 27.7 Å². The average Bonchev–Trinajstić information content (AvgIpc) is 2.51. The standard InChI is InChI=1S/C18H27NO4/c1-14(2)12-22-17(20)10-19(16-8-6-5-7-9-16)11-18(21)23-13-15(3)4/h5-9,14-15H,10-13H2,1-4H3. The van der Waals surface area contributed by atoms with Crippen LogP contribution in [0.2, 0.25) is 0 Å². The van der Waals surface area contributed by atoms with Crippen molar-refractivity contribution in [2.75, 3.05) is 31.2 Å². The lowest BCUT2D eigenvalue weighted by Crippen LogP contribution is -2.36. The lowest BCUT2D eigenvalue weighted by molar-refractivity contribution is -0.144. The normalized spacial score (nSPS) is 10.7. The molecular formula is C18H27NO4. The Morgan fingerprint density at radius 1 is 0.870 bits per heavy atom. The number of anilines is 1. The highest BCUT2D eigenvalue weighted by Crippen LogP contribution is 2.13. The second-order valence-corrected chi connectivity index (χ2v) is 6.35. The van der Waals surface area contributed by atoms with Crippen molar-refractivity contribution < 1.29 is 19.1 Å². The first kappa shape index (κ1) is 19.0. The summed E-state index contributed by atoms with van der Waals surface area (Å²) < 4.78 is 10.4. The molecule has 0 saturated carbocycles. The Bertz CT molecular complexity index is 459. The van der Waals surface area contributed by atoms with Crippen molar-refractivity contribution in [2.24, 2.45) is 11.8 Å². The SMILES string of the molecule is CC(C)COC(=O)CN(CC(=O)OCC(C)C)c1ccccc1. The van der Waals surface area contributed by atoms with Gasteiger partial charge in [-0.2, -0.15) is 0 Å². The van der Waals surface area contributed by atoms with E-state index in [1.807, 2.05) is 58.0 Å². The first-order valence-electron chi connectivity index (χ1n) is 7.99. The van der Waals surface area contributed by atoms with Crippen LogP contribution >= 0.6 is 0 Å². The predicted octanol–water partition coefficient (Wildman–Crippen LogP) is 2.89. The smallest absolute Gasteiger partial charge is 0.325 e. The maximum atomic E-state index is 12.0. The van der Waals surface area contributed by atoms with Crippen LogP contribution in [0.3, 0.4) is 0 Å². The molecule has 0 unspecified atom stereocenters. The van der Waals surface area contributed by atoms with E-state index in [0.29, 0.717) is 13.2 Å². The lowest BCUT2D eigenvalue weighted by atomic mass is 10.2. The summed E-state index contributed by atoms with van der Waals surface area (Å²) >= 11 is 0. The maximum absolute atomic E-state index is 12.0. The molecule has 0 saturated heterocycles. The predicted molar refractivity (Wildman–Crippen MR) is 90.2 cm³/mol. The maximum Gasteiger partial charge on any atom is 0.325 e. The Labute approximate surface area is 138 Å². The molecule has 0 N–H and O–H groups in total. The van der Waals surface area contributed by atoms with E-state index < -0.39 is 0 Å². The van der Waals surface area contributed by atoms with Crippen LogP contribution in [-0.2, 0) is 19.1 Å². The molecular weight excluding hydrogens is 294 g/mol. The van der Waals surface area contributed by atoms with Gasteiger partial charge in [-0.15, -0.1) is 0 Å². The van der Waals surface area contributed by atoms with Gasteiger partial charge in [0.2, 0.25) is 0 Å². The number of hydrogen-bond acceptors (Lipinski definition) is 5. The largest absolute Gasteiger partial charge is 0.464 e. The monoisotopic (exact) mass is 321 g/mol. The molecule has 0 spiro atoms. The zero-order valence-electron chi connectivity index (χ0n) is 14.5. The first-order chi connectivity index (χ1) is 10.9. The van der Waals surface area contributed by atoms with Crippen LogP contribution in [0.5, 0.6) is 0 Å². The third-order valence-corrected chi connectivity index (χ3v) is 2.92. The molecule has 0 radical (unpaired) electrons. The topological polar surface area (TPSA) is 55.8 Å². The molecule has 0 bridgehead atoms. The number of carbonyl (C=O) groups excluding carboxylic acids is 2. The van der Waals surface area contributed by atoms with Crippen LogP contribution in [-0.4, -0.2) is 38.2 Å². The van der Waals surface area contributed by atoms with Crippen molar-refractivity contribution in [3.05, 3.63) is 30.3 Å². The number of benzene rings is 1. The van der Waals surface area contributed by atoms with Gasteiger partial charge in [0.25, 0.3) is 0 Å². The van der Waals surface area contributed by atoms with Gasteiger partial charge in [-0.1, -0.05) is 45.9 Å². The van der Waals surface area contributed by atoms with Crippen molar-refractivity contribution in [1.29, 1.82) is 0 Å². The molecule has 0 heterocycles. The van der Waals surface area contributed by atoms with E-state index in [1.165, 1.54) is 0 Å². The fraction of sp³-hybridized carbons (Fsp3) is 0.556. The molecule has 5 nitrogen and oxygen atoms in total. The van der Waals surface area contributed by atoms with E-state index in [2.05, 4.69) is 0 Å². The van der Waals surface area contributed by atoms with Gasteiger partial charge in [0.15, 0.2) is 0 Å². The van der Waals surface area contributed by atoms with E-state index in [0.717, 1.165) is 5.69 Å². The fourth-order valence-corrected chi connectivity index (χ4v) is 1.80. The van der Waals surface area contributed by atoms with Gasteiger partial charge in [0, 0.05) is 5.69 Å². The average molecular weight is 321 g/mol. The minimum absolute atomic E-state index is 0.0213. The number of hydrogen-bond donors (Lipinski definition) is 0. The molecule has 0 aliphatic carbocycles. The van der Waals surface area contributed by atoms with Gasteiger partial charge in [-0.3, -0.25) is 9.59 Å². The Morgan fingerprint density at radius 3 is 1.70 bits per heavy atom. The Kier molecular flexibility index (Phi) is 8.16. The number of rotatable bonds is 9. The van der Waals surface area contributed by atoms with Crippen molar-refractivity contribution in [1.82, 2.24) is 0 Å². The fourth-order valence-electron chi connectivity index (χ4n) is 1.80. The number of carbonyl (C=O) groups is 2. The summed E-state index contributed by atoms with van der Waals surface area (Å²) in [6.45, 7) is 8.70. The Balaban J connectivity index is 2.66. The molecule has 1 rings (SSSR count). The second-order valence-electron chi connectivity index (χ2n) is 6.35. The zero-order valence-corrected chi connectivity index (χ0v) is 14.5. The van der Waals surface area contributed by atoms with Gasteiger partial charge in [-0.05, 0) is 24.0 Å². The molecule has 0 fully saturated rings. The summed E-state index contributed by atoms with van der Waals surface area (Å²) in [5, 5.41) is 0. The molecule has 0 aromatic heterocycles. The third-order valence-electron chi connectivity index (χ3n) is 2.92. The Hall–Kier alpha value is -2.04. The molecule has 0 atom stereocenters. The highest BCUT2D eigenvalue weighted by atomic mass is 16.5. The summed E-state index contributed by atoms with van der Waals surface area (Å²) in [6.07, 6.45) is 0. The quantitative estimate of drug-likeness (QED) is 0.655. The first-order valence-corrected chi connectivity index (χ1v) is 7.99. The van der Waals surface area contributed by atoms with E-state index in [1.54, 1.807) is 4.90 Å². The number of esters is 2. The van der Waals surface area contributed by atoms with E-state index in [-0.39, 0.29) is 36.9 Å². The summed E-state index contributed by atoms with van der Waals surface area (Å²) in [5.74, 6) is -0.140. The molecule has 0 amide bonds. The zero-order chi connectivity index (χ0) is 17.2. The van der Waals surface area contributed by atoms with Crippen molar-refractivity contribution >= 4 is 17.6 Å². The summed E-state index contributed by atoms with van der Waals surface area (Å²) in [5.41, 5.74) is 0.787. The highest BCUT2D eigenvalue weighted by molar-refractivity contribution is 5.81. The number of nitrogens with zero attached hydrogens (tertiary/aromatic N) is 1. The van der Waals surface area contributed by atoms with E-state index in [4.69, 9.17) is 9.47 Å². The van der Waals surface area contributed by atoms with Crippen LogP contribution < -0.4 is 4.90 Å². The lowest BCUT2D eigenvalue weighted by Gasteiger charge is -2.23. The minimum atomic E-state index is -0.348. The van der Waals surface area contributed by atoms with E-state index in [9.17, 15) is 9.59 Å². The van der Waals surface area contributed by atoms with Crippen LogP contribution in [0.1, 0.15) is 27.7 Å². The summed E-state index contributed by atoms with van der Waals surface area (Å²) in [6, 6.07) is 9.31. The molecule has 1 aromatic rings. The van der Waals surface area contributed by atoms with Crippen molar-refractivity contribution in [3.8, 4) is 0 Å². The van der Waals surface area contributed by atoms with Crippen LogP contribution in [0.4, 0.5) is 5.69 Å². The summed E-state index contributed by atoms with van der Waals surface area (Å²) in [4.78, 5) is 25.6. The van der Waals surface area contributed by atoms with Crippen molar-refractivity contribution in [3.63, 3.8) is 0 Å². The molecule has 23 heavy (non-hydrogen) atoms. The number of ether oxygens (including phenoxy) is 2. The van der Waals surface area contributed by atoms with Gasteiger partial charge >= 0.3 is 11.9 Å². The minimum Gasteiger partial charge on any atom is -0.464 e. The van der Waals surface area contributed by atoms with E-state index >= 15 is 0 Å². The third kappa shape index (κ3) is 8.24. The van der Waals surface area contributed by atoms with Gasteiger partial charge < -0.3 is 14.4 Å². The van der Waals surface area contributed by atoms with Gasteiger partial charge in [0.05, 0.1) is 13.2 Å². The molecule has 0 aliphatic heterocycles. The summed E-state index contributed by atoms with van der Waals surface area (Å²) in [7, 11) is 0. The molecule has 5 heteroatoms. The second kappa shape index (κ2) is 9.87. The van der Waals surface area contributed by atoms with Crippen LogP contribution in [0.15, 0.2) is 30.3 Å². The number of para-hydroxylation sites is 1. The molecule has 1 aromatic carbocycles.